The Morgan fingerprint density at radius 1 is 1.29 bits per heavy atom. The minimum atomic E-state index is -0.782. The number of carbonyl (C=O) groups is 2. The Hall–Kier alpha value is -2.70. The van der Waals surface area contributed by atoms with Gasteiger partial charge in [-0.2, -0.15) is 0 Å². The number of carboxylic acid groups (broad SMARTS) is 1. The van der Waals surface area contributed by atoms with Crippen LogP contribution in [0.3, 0.4) is 0 Å². The third-order valence-electron chi connectivity index (χ3n) is 4.38. The number of hydrogen-bond acceptors (Lipinski definition) is 4. The van der Waals surface area contributed by atoms with E-state index < -0.39 is 5.97 Å². The summed E-state index contributed by atoms with van der Waals surface area (Å²) in [6.07, 6.45) is 5.93. The Kier molecular flexibility index (Phi) is 4.88. The van der Waals surface area contributed by atoms with Crippen LogP contribution in [0, 0.1) is 5.92 Å². The maximum atomic E-state index is 12.9. The number of para-hydroxylation sites is 1. The van der Waals surface area contributed by atoms with Crippen molar-refractivity contribution in [3.63, 3.8) is 0 Å². The lowest BCUT2D eigenvalue weighted by molar-refractivity contribution is -0.137. The fourth-order valence-electron chi connectivity index (χ4n) is 3.17. The number of benzene rings is 1. The SMILES string of the molecule is O=C(O)CCC1CCCN(C(=O)c2ccccc2-n2ccnn2)C1. The topological polar surface area (TPSA) is 88.3 Å². The van der Waals surface area contributed by atoms with E-state index in [1.165, 1.54) is 0 Å². The van der Waals surface area contributed by atoms with Crippen LogP contribution in [0.4, 0.5) is 0 Å². The van der Waals surface area contributed by atoms with Crippen LogP contribution in [0.2, 0.25) is 0 Å². The van der Waals surface area contributed by atoms with E-state index in [0.717, 1.165) is 12.8 Å². The molecule has 7 heteroatoms. The molecule has 1 aliphatic rings. The molecule has 1 aromatic heterocycles. The third-order valence-corrected chi connectivity index (χ3v) is 4.38. The summed E-state index contributed by atoms with van der Waals surface area (Å²) >= 11 is 0. The summed E-state index contributed by atoms with van der Waals surface area (Å²) in [5.41, 5.74) is 1.29. The minimum Gasteiger partial charge on any atom is -0.481 e. The molecule has 3 rings (SSSR count). The fourth-order valence-corrected chi connectivity index (χ4v) is 3.17. The second kappa shape index (κ2) is 7.25. The number of piperidine rings is 1. The zero-order valence-corrected chi connectivity index (χ0v) is 13.3. The van der Waals surface area contributed by atoms with Gasteiger partial charge in [-0.25, -0.2) is 4.68 Å². The lowest BCUT2D eigenvalue weighted by Gasteiger charge is -2.33. The van der Waals surface area contributed by atoms with Crippen LogP contribution in [0.5, 0.6) is 0 Å². The summed E-state index contributed by atoms with van der Waals surface area (Å²) in [5, 5.41) is 16.6. The van der Waals surface area contributed by atoms with Crippen molar-refractivity contribution < 1.29 is 14.7 Å². The Morgan fingerprint density at radius 2 is 2.12 bits per heavy atom. The molecule has 1 amide bonds. The van der Waals surface area contributed by atoms with Crippen LogP contribution in [-0.2, 0) is 4.79 Å². The van der Waals surface area contributed by atoms with Gasteiger partial charge < -0.3 is 10.0 Å². The summed E-state index contributed by atoms with van der Waals surface area (Å²) in [6.45, 7) is 1.31. The molecule has 1 unspecified atom stereocenters. The molecule has 24 heavy (non-hydrogen) atoms. The normalized spacial score (nSPS) is 17.7. The number of likely N-dealkylation sites (tertiary alicyclic amines) is 1. The lowest BCUT2D eigenvalue weighted by atomic mass is 9.93. The molecule has 0 saturated carbocycles. The van der Waals surface area contributed by atoms with Crippen LogP contribution in [0.15, 0.2) is 36.7 Å². The first-order chi connectivity index (χ1) is 11.6. The van der Waals surface area contributed by atoms with E-state index in [0.29, 0.717) is 30.8 Å². The predicted molar refractivity (Wildman–Crippen MR) is 86.9 cm³/mol. The number of rotatable bonds is 5. The minimum absolute atomic E-state index is 0.0406. The first-order valence-corrected chi connectivity index (χ1v) is 8.12. The third kappa shape index (κ3) is 3.61. The largest absolute Gasteiger partial charge is 0.481 e. The van der Waals surface area contributed by atoms with Gasteiger partial charge in [-0.1, -0.05) is 17.3 Å². The van der Waals surface area contributed by atoms with E-state index in [1.54, 1.807) is 23.1 Å². The van der Waals surface area contributed by atoms with Crippen LogP contribution < -0.4 is 0 Å². The van der Waals surface area contributed by atoms with Gasteiger partial charge in [0.1, 0.15) is 0 Å². The number of aliphatic carboxylic acids is 1. The number of aromatic nitrogens is 3. The molecule has 1 fully saturated rings. The predicted octanol–water partition coefficient (Wildman–Crippen LogP) is 1.98. The lowest BCUT2D eigenvalue weighted by Crippen LogP contribution is -2.40. The average Bonchev–Trinajstić information content (AvgIpc) is 3.14. The highest BCUT2D eigenvalue weighted by Gasteiger charge is 2.26. The number of carbonyl (C=O) groups excluding carboxylic acids is 1. The Bertz CT molecular complexity index is 714. The molecule has 0 spiro atoms. The van der Waals surface area contributed by atoms with E-state index in [1.807, 2.05) is 23.1 Å². The second-order valence-corrected chi connectivity index (χ2v) is 6.06. The summed E-state index contributed by atoms with van der Waals surface area (Å²) < 4.78 is 1.58. The van der Waals surface area contributed by atoms with Crippen LogP contribution in [0.25, 0.3) is 5.69 Å². The first-order valence-electron chi connectivity index (χ1n) is 8.12. The zero-order valence-electron chi connectivity index (χ0n) is 13.3. The van der Waals surface area contributed by atoms with E-state index >= 15 is 0 Å². The molecule has 0 radical (unpaired) electrons. The molecule has 1 saturated heterocycles. The molecular weight excluding hydrogens is 308 g/mol. The zero-order chi connectivity index (χ0) is 16.9. The van der Waals surface area contributed by atoms with E-state index in [2.05, 4.69) is 10.3 Å². The van der Waals surface area contributed by atoms with Gasteiger partial charge in [-0.3, -0.25) is 9.59 Å². The highest BCUT2D eigenvalue weighted by molar-refractivity contribution is 5.97. The molecule has 1 aromatic carbocycles. The van der Waals surface area contributed by atoms with Gasteiger partial charge in [0.25, 0.3) is 5.91 Å². The molecule has 1 N–H and O–H groups in total. The molecule has 2 heterocycles. The smallest absolute Gasteiger partial charge is 0.303 e. The summed E-state index contributed by atoms with van der Waals surface area (Å²) in [6, 6.07) is 7.33. The highest BCUT2D eigenvalue weighted by atomic mass is 16.4. The van der Waals surface area contributed by atoms with Gasteiger partial charge in [-0.15, -0.1) is 5.10 Å². The standard InChI is InChI=1S/C17H20N4O3/c22-16(23)8-7-13-4-3-10-20(12-13)17(24)14-5-1-2-6-15(14)21-11-9-18-19-21/h1-2,5-6,9,11,13H,3-4,7-8,10,12H2,(H,22,23). The van der Waals surface area contributed by atoms with Gasteiger partial charge in [0, 0.05) is 19.5 Å². The summed E-state index contributed by atoms with van der Waals surface area (Å²) in [7, 11) is 0. The molecule has 0 aliphatic carbocycles. The average molecular weight is 328 g/mol. The van der Waals surface area contributed by atoms with Gasteiger partial charge in [0.2, 0.25) is 0 Å². The van der Waals surface area contributed by atoms with Crippen LogP contribution in [-0.4, -0.2) is 50.0 Å². The number of hydrogen-bond donors (Lipinski definition) is 1. The fraction of sp³-hybridized carbons (Fsp3) is 0.412. The van der Waals surface area contributed by atoms with Crippen molar-refractivity contribution in [3.05, 3.63) is 42.2 Å². The molecule has 126 valence electrons. The number of carboxylic acids is 1. The van der Waals surface area contributed by atoms with Crippen molar-refractivity contribution in [2.24, 2.45) is 5.92 Å². The monoisotopic (exact) mass is 328 g/mol. The maximum Gasteiger partial charge on any atom is 0.303 e. The Balaban J connectivity index is 1.76. The van der Waals surface area contributed by atoms with Gasteiger partial charge in [0.15, 0.2) is 0 Å². The maximum absolute atomic E-state index is 12.9. The van der Waals surface area contributed by atoms with E-state index in [-0.39, 0.29) is 18.2 Å². The van der Waals surface area contributed by atoms with Crippen molar-refractivity contribution in [1.29, 1.82) is 0 Å². The van der Waals surface area contributed by atoms with Gasteiger partial charge in [0.05, 0.1) is 23.6 Å². The van der Waals surface area contributed by atoms with Crippen molar-refractivity contribution in [1.82, 2.24) is 19.9 Å². The molecule has 1 atom stereocenters. The van der Waals surface area contributed by atoms with E-state index in [4.69, 9.17) is 5.11 Å². The molecule has 2 aromatic rings. The second-order valence-electron chi connectivity index (χ2n) is 6.06. The van der Waals surface area contributed by atoms with Gasteiger partial charge >= 0.3 is 5.97 Å². The van der Waals surface area contributed by atoms with Crippen LogP contribution >= 0.6 is 0 Å². The van der Waals surface area contributed by atoms with Crippen molar-refractivity contribution in [2.45, 2.75) is 25.7 Å². The van der Waals surface area contributed by atoms with E-state index in [9.17, 15) is 9.59 Å². The van der Waals surface area contributed by atoms with Crippen molar-refractivity contribution in [3.8, 4) is 5.69 Å². The molecule has 0 bridgehead atoms. The van der Waals surface area contributed by atoms with Gasteiger partial charge in [-0.05, 0) is 37.3 Å². The summed E-state index contributed by atoms with van der Waals surface area (Å²) in [5.74, 6) is -0.576. The van der Waals surface area contributed by atoms with Crippen molar-refractivity contribution >= 4 is 11.9 Å². The summed E-state index contributed by atoms with van der Waals surface area (Å²) in [4.78, 5) is 25.5. The molecular formula is C17H20N4O3. The van der Waals surface area contributed by atoms with Crippen molar-refractivity contribution in [2.75, 3.05) is 13.1 Å². The molecule has 1 aliphatic heterocycles. The number of nitrogens with zero attached hydrogens (tertiary/aromatic N) is 4. The first kappa shape index (κ1) is 16.2. The quantitative estimate of drug-likeness (QED) is 0.906. The highest BCUT2D eigenvalue weighted by Crippen LogP contribution is 2.24. The molecule has 7 nitrogen and oxygen atoms in total. The van der Waals surface area contributed by atoms with Crippen LogP contribution in [0.1, 0.15) is 36.0 Å². The number of amides is 1. The Labute approximate surface area is 139 Å². The Morgan fingerprint density at radius 3 is 2.88 bits per heavy atom.